The highest BCUT2D eigenvalue weighted by Crippen LogP contribution is 2.69. The maximum Gasteiger partial charge on any atom is 0.170 e. The van der Waals surface area contributed by atoms with Gasteiger partial charge in [-0.05, 0) is 23.0 Å². The molecule has 0 atom stereocenters. The van der Waals surface area contributed by atoms with Gasteiger partial charge in [0.1, 0.15) is 0 Å². The van der Waals surface area contributed by atoms with E-state index in [1.165, 1.54) is 0 Å². The van der Waals surface area contributed by atoms with E-state index in [9.17, 15) is 4.79 Å². The summed E-state index contributed by atoms with van der Waals surface area (Å²) < 4.78 is 1.76. The minimum absolute atomic E-state index is 0.0684. The largest absolute Gasteiger partial charge is 0.294 e. The summed E-state index contributed by atoms with van der Waals surface area (Å²) in [4.78, 5) is 12.6. The quantitative estimate of drug-likeness (QED) is 0.795. The zero-order chi connectivity index (χ0) is 14.5. The molecular weight excluding hydrogens is 248 g/mol. The Labute approximate surface area is 119 Å². The first kappa shape index (κ1) is 13.1. The van der Waals surface area contributed by atoms with Gasteiger partial charge < -0.3 is 0 Å². The first-order chi connectivity index (χ1) is 9.35. The molecule has 1 aromatic heterocycles. The Hall–Kier alpha value is -1.90. The van der Waals surface area contributed by atoms with Crippen LogP contribution in [-0.2, 0) is 0 Å². The standard InChI is InChI=1S/C17H20N2O/c1-16(2)15(17(16,3)4)14(20)12-10-18-19(11-12)13-8-6-5-7-9-13/h5-11,15H,1-4H3. The van der Waals surface area contributed by atoms with E-state index in [1.807, 2.05) is 36.5 Å². The third-order valence-corrected chi connectivity index (χ3v) is 5.17. The van der Waals surface area contributed by atoms with Gasteiger partial charge in [0.15, 0.2) is 5.78 Å². The maximum atomic E-state index is 12.6. The van der Waals surface area contributed by atoms with E-state index in [2.05, 4.69) is 32.8 Å². The second-order valence-corrected chi connectivity index (χ2v) is 6.75. The van der Waals surface area contributed by atoms with Crippen molar-refractivity contribution in [1.82, 2.24) is 9.78 Å². The van der Waals surface area contributed by atoms with Gasteiger partial charge in [0, 0.05) is 12.1 Å². The summed E-state index contributed by atoms with van der Waals surface area (Å²) >= 11 is 0. The molecule has 0 N–H and O–H groups in total. The molecule has 0 aliphatic heterocycles. The number of nitrogens with zero attached hydrogens (tertiary/aromatic N) is 2. The van der Waals surface area contributed by atoms with Crippen LogP contribution in [0, 0.1) is 16.7 Å². The zero-order valence-corrected chi connectivity index (χ0v) is 12.4. The molecule has 0 amide bonds. The molecule has 1 saturated carbocycles. The highest BCUT2D eigenvalue weighted by atomic mass is 16.1. The van der Waals surface area contributed by atoms with Crippen molar-refractivity contribution in [3.8, 4) is 5.69 Å². The highest BCUT2D eigenvalue weighted by molar-refractivity contribution is 6.00. The lowest BCUT2D eigenvalue weighted by Crippen LogP contribution is -2.06. The molecule has 0 spiro atoms. The Bertz CT molecular complexity index is 639. The van der Waals surface area contributed by atoms with Crippen LogP contribution in [0.25, 0.3) is 5.69 Å². The van der Waals surface area contributed by atoms with E-state index in [0.29, 0.717) is 5.56 Å². The summed E-state index contributed by atoms with van der Waals surface area (Å²) in [5.41, 5.74) is 1.82. The van der Waals surface area contributed by atoms with E-state index in [4.69, 9.17) is 0 Å². The summed E-state index contributed by atoms with van der Waals surface area (Å²) in [6.45, 7) is 8.66. The molecule has 1 aliphatic carbocycles. The smallest absolute Gasteiger partial charge is 0.170 e. The maximum absolute atomic E-state index is 12.6. The Morgan fingerprint density at radius 1 is 1.10 bits per heavy atom. The summed E-state index contributed by atoms with van der Waals surface area (Å²) in [6.07, 6.45) is 3.52. The van der Waals surface area contributed by atoms with Gasteiger partial charge in [-0.2, -0.15) is 5.10 Å². The summed E-state index contributed by atoms with van der Waals surface area (Å²) in [5, 5.41) is 4.31. The predicted molar refractivity (Wildman–Crippen MR) is 78.9 cm³/mol. The molecule has 0 bridgehead atoms. The average molecular weight is 268 g/mol. The first-order valence-electron chi connectivity index (χ1n) is 7.00. The molecule has 0 radical (unpaired) electrons. The fourth-order valence-electron chi connectivity index (χ4n) is 3.19. The molecule has 3 heteroatoms. The van der Waals surface area contributed by atoms with Gasteiger partial charge >= 0.3 is 0 Å². The lowest BCUT2D eigenvalue weighted by molar-refractivity contribution is 0.0945. The van der Waals surface area contributed by atoms with Crippen LogP contribution in [-0.4, -0.2) is 15.6 Å². The van der Waals surface area contributed by atoms with E-state index in [-0.39, 0.29) is 22.5 Å². The van der Waals surface area contributed by atoms with Crippen molar-refractivity contribution >= 4 is 5.78 Å². The van der Waals surface area contributed by atoms with Crippen molar-refractivity contribution in [2.24, 2.45) is 16.7 Å². The molecular formula is C17H20N2O. The topological polar surface area (TPSA) is 34.9 Å². The van der Waals surface area contributed by atoms with Crippen LogP contribution in [0.2, 0.25) is 0 Å². The fourth-order valence-corrected chi connectivity index (χ4v) is 3.19. The third kappa shape index (κ3) is 1.73. The van der Waals surface area contributed by atoms with Gasteiger partial charge in [-0.15, -0.1) is 0 Å². The number of hydrogen-bond donors (Lipinski definition) is 0. The van der Waals surface area contributed by atoms with Crippen LogP contribution in [0.4, 0.5) is 0 Å². The molecule has 0 unspecified atom stereocenters. The van der Waals surface area contributed by atoms with Gasteiger partial charge in [0.25, 0.3) is 0 Å². The molecule has 1 aliphatic rings. The number of rotatable bonds is 3. The van der Waals surface area contributed by atoms with Gasteiger partial charge in [0.05, 0.1) is 17.4 Å². The van der Waals surface area contributed by atoms with Crippen molar-refractivity contribution in [2.75, 3.05) is 0 Å². The molecule has 1 heterocycles. The van der Waals surface area contributed by atoms with Crippen LogP contribution in [0.5, 0.6) is 0 Å². The van der Waals surface area contributed by atoms with Crippen molar-refractivity contribution in [3.63, 3.8) is 0 Å². The Morgan fingerprint density at radius 3 is 2.25 bits per heavy atom. The van der Waals surface area contributed by atoms with E-state index >= 15 is 0 Å². The Kier molecular flexibility index (Phi) is 2.65. The molecule has 3 nitrogen and oxygen atoms in total. The van der Waals surface area contributed by atoms with Crippen LogP contribution in [0.15, 0.2) is 42.7 Å². The third-order valence-electron chi connectivity index (χ3n) is 5.17. The predicted octanol–water partition coefficient (Wildman–Crippen LogP) is 3.74. The number of aromatic nitrogens is 2. The SMILES string of the molecule is CC1(C)C(C(=O)c2cnn(-c3ccccc3)c2)C1(C)C. The van der Waals surface area contributed by atoms with E-state index < -0.39 is 0 Å². The number of benzene rings is 1. The number of para-hydroxylation sites is 1. The minimum atomic E-state index is 0.0684. The molecule has 0 saturated heterocycles. The van der Waals surface area contributed by atoms with Crippen molar-refractivity contribution in [3.05, 3.63) is 48.3 Å². The highest BCUT2D eigenvalue weighted by Gasteiger charge is 2.67. The Balaban J connectivity index is 1.87. The van der Waals surface area contributed by atoms with Gasteiger partial charge in [-0.25, -0.2) is 4.68 Å². The van der Waals surface area contributed by atoms with Gasteiger partial charge in [-0.1, -0.05) is 45.9 Å². The van der Waals surface area contributed by atoms with Gasteiger partial charge in [0.2, 0.25) is 0 Å². The number of ketones is 1. The number of Topliss-reactive ketones (excluding diaryl/α,β-unsaturated/α-hetero) is 1. The second kappa shape index (κ2) is 4.05. The van der Waals surface area contributed by atoms with Gasteiger partial charge in [-0.3, -0.25) is 4.79 Å². The van der Waals surface area contributed by atoms with Crippen molar-refractivity contribution in [1.29, 1.82) is 0 Å². The van der Waals surface area contributed by atoms with E-state index in [1.54, 1.807) is 10.9 Å². The Morgan fingerprint density at radius 2 is 1.70 bits per heavy atom. The number of carbonyl (C=O) groups is 1. The first-order valence-corrected chi connectivity index (χ1v) is 7.00. The molecule has 1 fully saturated rings. The normalized spacial score (nSPS) is 19.8. The summed E-state index contributed by atoms with van der Waals surface area (Å²) in [6, 6.07) is 9.85. The molecule has 104 valence electrons. The second-order valence-electron chi connectivity index (χ2n) is 6.75. The van der Waals surface area contributed by atoms with Crippen LogP contribution >= 0.6 is 0 Å². The van der Waals surface area contributed by atoms with Crippen LogP contribution in [0.1, 0.15) is 38.1 Å². The van der Waals surface area contributed by atoms with Crippen LogP contribution < -0.4 is 0 Å². The lowest BCUT2D eigenvalue weighted by Gasteiger charge is -2.03. The van der Waals surface area contributed by atoms with Crippen LogP contribution in [0.3, 0.4) is 0 Å². The minimum Gasteiger partial charge on any atom is -0.294 e. The lowest BCUT2D eigenvalue weighted by atomic mass is 10.0. The van der Waals surface area contributed by atoms with Crippen molar-refractivity contribution in [2.45, 2.75) is 27.7 Å². The average Bonchev–Trinajstić information content (AvgIpc) is 2.76. The molecule has 20 heavy (non-hydrogen) atoms. The number of hydrogen-bond acceptors (Lipinski definition) is 2. The summed E-state index contributed by atoms with van der Waals surface area (Å²) in [5.74, 6) is 0.297. The molecule has 1 aromatic carbocycles. The number of carbonyl (C=O) groups excluding carboxylic acids is 1. The molecule has 3 rings (SSSR count). The monoisotopic (exact) mass is 268 g/mol. The zero-order valence-electron chi connectivity index (χ0n) is 12.4. The summed E-state index contributed by atoms with van der Waals surface area (Å²) in [7, 11) is 0. The molecule has 2 aromatic rings. The van der Waals surface area contributed by atoms with E-state index in [0.717, 1.165) is 5.69 Å². The fraction of sp³-hybridized carbons (Fsp3) is 0.412. The van der Waals surface area contributed by atoms with Crippen molar-refractivity contribution < 1.29 is 4.79 Å².